The molecule has 4 rings (SSSR count). The molecule has 0 saturated heterocycles. The van der Waals surface area contributed by atoms with E-state index in [9.17, 15) is 9.59 Å². The van der Waals surface area contributed by atoms with Crippen LogP contribution in [0.4, 0.5) is 11.4 Å². The summed E-state index contributed by atoms with van der Waals surface area (Å²) in [7, 11) is 1.59. The fourth-order valence-corrected chi connectivity index (χ4v) is 4.01. The fraction of sp³-hybridized carbons (Fsp3) is 0.240. The molecule has 1 unspecified atom stereocenters. The number of nitrogens with one attached hydrogen (secondary N) is 2. The lowest BCUT2D eigenvalue weighted by Gasteiger charge is -2.16. The van der Waals surface area contributed by atoms with Gasteiger partial charge in [-0.3, -0.25) is 14.3 Å². The molecule has 0 aliphatic heterocycles. The van der Waals surface area contributed by atoms with E-state index in [0.717, 1.165) is 22.3 Å². The van der Waals surface area contributed by atoms with E-state index in [1.54, 1.807) is 49.2 Å². The molecule has 2 heterocycles. The number of ether oxygens (including phenoxy) is 1. The Hall–Kier alpha value is -3.78. The van der Waals surface area contributed by atoms with Crippen LogP contribution in [-0.2, 0) is 16.0 Å². The molecule has 0 saturated carbocycles. The summed E-state index contributed by atoms with van der Waals surface area (Å²) in [5, 5.41) is 11.2. The number of benzene rings is 2. The smallest absolute Gasteiger partial charge is 0.248 e. The average molecular weight is 481 g/mol. The van der Waals surface area contributed by atoms with Gasteiger partial charge in [-0.1, -0.05) is 11.6 Å². The van der Waals surface area contributed by atoms with Crippen LogP contribution >= 0.6 is 11.6 Å². The van der Waals surface area contributed by atoms with Crippen molar-refractivity contribution >= 4 is 45.8 Å². The predicted molar refractivity (Wildman–Crippen MR) is 132 cm³/mol. The van der Waals surface area contributed by atoms with Gasteiger partial charge in [-0.05, 0) is 57.2 Å². The molecule has 34 heavy (non-hydrogen) atoms. The molecule has 2 aromatic carbocycles. The number of aromatic nitrogens is 2. The van der Waals surface area contributed by atoms with Gasteiger partial charge in [-0.25, -0.2) is 0 Å². The van der Waals surface area contributed by atoms with Crippen molar-refractivity contribution in [3.63, 3.8) is 0 Å². The summed E-state index contributed by atoms with van der Waals surface area (Å²) in [6.07, 6.45) is 1.70. The topological polar surface area (TPSA) is 98.4 Å². The Bertz CT molecular complexity index is 1370. The zero-order valence-corrected chi connectivity index (χ0v) is 20.1. The third-order valence-electron chi connectivity index (χ3n) is 5.52. The van der Waals surface area contributed by atoms with Crippen molar-refractivity contribution in [1.82, 2.24) is 9.78 Å². The van der Waals surface area contributed by atoms with Crippen LogP contribution in [0.25, 0.3) is 11.0 Å². The molecule has 9 heteroatoms. The highest BCUT2D eigenvalue weighted by Crippen LogP contribution is 2.28. The lowest BCUT2D eigenvalue weighted by atomic mass is 10.1. The standard InChI is InChI=1S/C25H25ClN4O4/c1-14-9-15(2)30(29-14)16(3)25(32)28-22-8-5-18(11-21(22)26)27-24(31)10-17-13-34-23-12-19(33-4)6-7-20(17)23/h5-9,11-13,16H,10H2,1-4H3,(H,27,31)(H,28,32). The lowest BCUT2D eigenvalue weighted by Crippen LogP contribution is -2.25. The van der Waals surface area contributed by atoms with E-state index in [0.29, 0.717) is 27.7 Å². The molecule has 0 spiro atoms. The SMILES string of the molecule is COc1ccc2c(CC(=O)Nc3ccc(NC(=O)C(C)n4nc(C)cc4C)c(Cl)c3)coc2c1. The maximum atomic E-state index is 12.7. The fourth-order valence-electron chi connectivity index (χ4n) is 3.79. The minimum atomic E-state index is -0.506. The summed E-state index contributed by atoms with van der Waals surface area (Å²) >= 11 is 6.38. The summed E-state index contributed by atoms with van der Waals surface area (Å²) in [5.41, 5.74) is 4.14. The Morgan fingerprint density at radius 1 is 1.15 bits per heavy atom. The van der Waals surface area contributed by atoms with E-state index in [1.807, 2.05) is 32.0 Å². The molecule has 8 nitrogen and oxygen atoms in total. The minimum Gasteiger partial charge on any atom is -0.497 e. The summed E-state index contributed by atoms with van der Waals surface area (Å²) < 4.78 is 12.4. The van der Waals surface area contributed by atoms with Crippen LogP contribution in [0, 0.1) is 13.8 Å². The van der Waals surface area contributed by atoms with Gasteiger partial charge in [0.05, 0.1) is 36.2 Å². The largest absolute Gasteiger partial charge is 0.497 e. The summed E-state index contributed by atoms with van der Waals surface area (Å²) in [6, 6.07) is 11.8. The van der Waals surface area contributed by atoms with Crippen molar-refractivity contribution in [2.75, 3.05) is 17.7 Å². The van der Waals surface area contributed by atoms with E-state index < -0.39 is 6.04 Å². The molecule has 2 N–H and O–H groups in total. The van der Waals surface area contributed by atoms with Crippen LogP contribution in [0.5, 0.6) is 5.75 Å². The van der Waals surface area contributed by atoms with E-state index in [2.05, 4.69) is 15.7 Å². The number of hydrogen-bond donors (Lipinski definition) is 2. The van der Waals surface area contributed by atoms with Crippen LogP contribution in [0.3, 0.4) is 0 Å². The number of fused-ring (bicyclic) bond motifs is 1. The van der Waals surface area contributed by atoms with Gasteiger partial charge in [0, 0.05) is 28.4 Å². The number of methoxy groups -OCH3 is 1. The molecule has 0 fully saturated rings. The first-order chi connectivity index (χ1) is 16.2. The molecule has 1 atom stereocenters. The zero-order chi connectivity index (χ0) is 24.4. The van der Waals surface area contributed by atoms with Crippen molar-refractivity contribution in [2.24, 2.45) is 0 Å². The highest BCUT2D eigenvalue weighted by atomic mass is 35.5. The van der Waals surface area contributed by atoms with Gasteiger partial charge < -0.3 is 19.8 Å². The number of carbonyl (C=O) groups excluding carboxylic acids is 2. The normalized spacial score (nSPS) is 11.9. The molecule has 0 aliphatic rings. The Balaban J connectivity index is 1.40. The Morgan fingerprint density at radius 2 is 1.94 bits per heavy atom. The Labute approximate surface area is 201 Å². The van der Waals surface area contributed by atoms with E-state index in [1.165, 1.54) is 0 Å². The van der Waals surface area contributed by atoms with Crippen molar-refractivity contribution < 1.29 is 18.7 Å². The van der Waals surface area contributed by atoms with Crippen LogP contribution in [-0.4, -0.2) is 28.7 Å². The summed E-state index contributed by atoms with van der Waals surface area (Å²) in [6.45, 7) is 5.55. The van der Waals surface area contributed by atoms with Gasteiger partial charge in [-0.2, -0.15) is 5.10 Å². The molecule has 0 aliphatic carbocycles. The number of furan rings is 1. The molecular weight excluding hydrogens is 456 g/mol. The van der Waals surface area contributed by atoms with E-state index in [4.69, 9.17) is 20.8 Å². The highest BCUT2D eigenvalue weighted by molar-refractivity contribution is 6.34. The van der Waals surface area contributed by atoms with Gasteiger partial charge in [0.2, 0.25) is 11.8 Å². The first-order valence-electron chi connectivity index (χ1n) is 10.7. The second-order valence-electron chi connectivity index (χ2n) is 8.08. The third kappa shape index (κ3) is 4.92. The van der Waals surface area contributed by atoms with Crippen molar-refractivity contribution in [3.8, 4) is 5.75 Å². The molecule has 0 radical (unpaired) electrons. The zero-order valence-electron chi connectivity index (χ0n) is 19.3. The van der Waals surface area contributed by atoms with Gasteiger partial charge in [0.25, 0.3) is 0 Å². The number of nitrogens with zero attached hydrogens (tertiary/aromatic N) is 2. The van der Waals surface area contributed by atoms with Gasteiger partial charge in [0.15, 0.2) is 0 Å². The summed E-state index contributed by atoms with van der Waals surface area (Å²) in [5.74, 6) is 0.224. The first kappa shape index (κ1) is 23.4. The lowest BCUT2D eigenvalue weighted by molar-refractivity contribution is -0.119. The van der Waals surface area contributed by atoms with Crippen LogP contribution in [0.2, 0.25) is 5.02 Å². The van der Waals surface area contributed by atoms with Crippen molar-refractivity contribution in [3.05, 3.63) is 70.7 Å². The van der Waals surface area contributed by atoms with Gasteiger partial charge in [-0.15, -0.1) is 0 Å². The molecule has 0 bridgehead atoms. The van der Waals surface area contributed by atoms with E-state index in [-0.39, 0.29) is 18.2 Å². The number of halogens is 1. The monoisotopic (exact) mass is 480 g/mol. The molecule has 176 valence electrons. The number of hydrogen-bond acceptors (Lipinski definition) is 5. The van der Waals surface area contributed by atoms with Gasteiger partial charge in [0.1, 0.15) is 17.4 Å². The maximum absolute atomic E-state index is 12.7. The maximum Gasteiger partial charge on any atom is 0.248 e. The minimum absolute atomic E-state index is 0.135. The Morgan fingerprint density at radius 3 is 2.62 bits per heavy atom. The predicted octanol–water partition coefficient (Wildman–Crippen LogP) is 5.29. The van der Waals surface area contributed by atoms with Crippen LogP contribution in [0.1, 0.15) is 29.9 Å². The highest BCUT2D eigenvalue weighted by Gasteiger charge is 2.19. The van der Waals surface area contributed by atoms with Crippen LogP contribution in [0.15, 0.2) is 53.1 Å². The number of carbonyl (C=O) groups is 2. The number of rotatable bonds is 7. The Kier molecular flexibility index (Phi) is 6.61. The number of anilines is 2. The quantitative estimate of drug-likeness (QED) is 0.374. The molecule has 2 aromatic heterocycles. The summed E-state index contributed by atoms with van der Waals surface area (Å²) in [4.78, 5) is 25.3. The molecule has 4 aromatic rings. The van der Waals surface area contributed by atoms with E-state index >= 15 is 0 Å². The molecular formula is C25H25ClN4O4. The second kappa shape index (κ2) is 9.61. The first-order valence-corrected chi connectivity index (χ1v) is 11.1. The average Bonchev–Trinajstić information content (AvgIpc) is 3.36. The second-order valence-corrected chi connectivity index (χ2v) is 8.49. The molecule has 2 amide bonds. The van der Waals surface area contributed by atoms with Crippen LogP contribution < -0.4 is 15.4 Å². The van der Waals surface area contributed by atoms with Crippen molar-refractivity contribution in [2.45, 2.75) is 33.2 Å². The third-order valence-corrected chi connectivity index (χ3v) is 5.83. The van der Waals surface area contributed by atoms with Crippen molar-refractivity contribution in [1.29, 1.82) is 0 Å². The number of amides is 2. The number of aryl methyl sites for hydroxylation is 2. The van der Waals surface area contributed by atoms with Gasteiger partial charge >= 0.3 is 0 Å².